The molecule has 0 atom stereocenters. The van der Waals surface area contributed by atoms with E-state index in [1.165, 1.54) is 32.2 Å². The smallest absolute Gasteiger partial charge is 0.0950 e. The van der Waals surface area contributed by atoms with Crippen LogP contribution < -0.4 is 5.32 Å². The standard InChI is InChI=1S/C12H21N3/c1-2-13-7-12-9-15(10-14-12)8-11-5-3-4-6-11/h9-11,13H,2-8H2,1H3. The molecule has 84 valence electrons. The molecule has 0 saturated heterocycles. The molecule has 1 aliphatic carbocycles. The highest BCUT2D eigenvalue weighted by molar-refractivity contribution is 4.96. The summed E-state index contributed by atoms with van der Waals surface area (Å²) in [5.74, 6) is 0.895. The van der Waals surface area contributed by atoms with Crippen molar-refractivity contribution >= 4 is 0 Å². The van der Waals surface area contributed by atoms with Crippen LogP contribution in [0.3, 0.4) is 0 Å². The normalized spacial score (nSPS) is 17.4. The first-order chi connectivity index (χ1) is 7.38. The lowest BCUT2D eigenvalue weighted by atomic mass is 10.1. The molecule has 1 saturated carbocycles. The van der Waals surface area contributed by atoms with Crippen LogP contribution in [0, 0.1) is 5.92 Å². The third-order valence-electron chi connectivity index (χ3n) is 3.19. The SMILES string of the molecule is CCNCc1cn(CC2CCCC2)cn1. The molecule has 1 aliphatic rings. The van der Waals surface area contributed by atoms with Crippen LogP contribution in [0.4, 0.5) is 0 Å². The second-order valence-electron chi connectivity index (χ2n) is 4.49. The van der Waals surface area contributed by atoms with Gasteiger partial charge in [0.15, 0.2) is 0 Å². The number of hydrogen-bond donors (Lipinski definition) is 1. The van der Waals surface area contributed by atoms with Gasteiger partial charge in [0, 0.05) is 19.3 Å². The highest BCUT2D eigenvalue weighted by atomic mass is 15.0. The second kappa shape index (κ2) is 5.31. The van der Waals surface area contributed by atoms with E-state index in [1.54, 1.807) is 0 Å². The van der Waals surface area contributed by atoms with Crippen LogP contribution in [-0.4, -0.2) is 16.1 Å². The maximum Gasteiger partial charge on any atom is 0.0950 e. The summed E-state index contributed by atoms with van der Waals surface area (Å²) in [6, 6.07) is 0. The maximum atomic E-state index is 4.40. The number of rotatable bonds is 5. The Labute approximate surface area is 91.9 Å². The molecular formula is C12H21N3. The van der Waals surface area contributed by atoms with E-state index >= 15 is 0 Å². The predicted molar refractivity (Wildman–Crippen MR) is 61.6 cm³/mol. The summed E-state index contributed by atoms with van der Waals surface area (Å²) in [4.78, 5) is 4.40. The van der Waals surface area contributed by atoms with E-state index in [0.29, 0.717) is 0 Å². The molecule has 1 N–H and O–H groups in total. The first-order valence-electron chi connectivity index (χ1n) is 6.10. The minimum absolute atomic E-state index is 0.895. The number of aromatic nitrogens is 2. The molecule has 0 radical (unpaired) electrons. The fraction of sp³-hybridized carbons (Fsp3) is 0.750. The molecule has 1 aromatic rings. The molecule has 0 amide bonds. The predicted octanol–water partition coefficient (Wildman–Crippen LogP) is 2.18. The van der Waals surface area contributed by atoms with Crippen molar-refractivity contribution in [1.29, 1.82) is 0 Å². The maximum absolute atomic E-state index is 4.40. The molecular weight excluding hydrogens is 186 g/mol. The monoisotopic (exact) mass is 207 g/mol. The number of nitrogens with one attached hydrogen (secondary N) is 1. The van der Waals surface area contributed by atoms with E-state index in [2.05, 4.69) is 28.0 Å². The van der Waals surface area contributed by atoms with Crippen molar-refractivity contribution in [2.45, 2.75) is 45.7 Å². The average Bonchev–Trinajstić information content (AvgIpc) is 2.87. The third-order valence-corrected chi connectivity index (χ3v) is 3.19. The molecule has 2 rings (SSSR count). The molecule has 1 aromatic heterocycles. The van der Waals surface area contributed by atoms with Gasteiger partial charge in [0.05, 0.1) is 12.0 Å². The Morgan fingerprint density at radius 3 is 3.00 bits per heavy atom. The van der Waals surface area contributed by atoms with Gasteiger partial charge in [-0.25, -0.2) is 4.98 Å². The molecule has 0 spiro atoms. The van der Waals surface area contributed by atoms with E-state index in [1.807, 2.05) is 6.33 Å². The van der Waals surface area contributed by atoms with E-state index in [-0.39, 0.29) is 0 Å². The molecule has 3 nitrogen and oxygen atoms in total. The first kappa shape index (κ1) is 10.7. The van der Waals surface area contributed by atoms with Crippen LogP contribution in [0.15, 0.2) is 12.5 Å². The molecule has 1 fully saturated rings. The minimum Gasteiger partial charge on any atom is -0.337 e. The number of hydrogen-bond acceptors (Lipinski definition) is 2. The van der Waals surface area contributed by atoms with Crippen LogP contribution in [-0.2, 0) is 13.1 Å². The van der Waals surface area contributed by atoms with Gasteiger partial charge in [-0.2, -0.15) is 0 Å². The highest BCUT2D eigenvalue weighted by Crippen LogP contribution is 2.25. The van der Waals surface area contributed by atoms with E-state index in [9.17, 15) is 0 Å². The van der Waals surface area contributed by atoms with Gasteiger partial charge in [-0.3, -0.25) is 0 Å². The van der Waals surface area contributed by atoms with Crippen molar-refractivity contribution in [3.63, 3.8) is 0 Å². The largest absolute Gasteiger partial charge is 0.337 e. The lowest BCUT2D eigenvalue weighted by molar-refractivity contribution is 0.457. The first-order valence-corrected chi connectivity index (χ1v) is 6.10. The van der Waals surface area contributed by atoms with Gasteiger partial charge in [-0.1, -0.05) is 19.8 Å². The van der Waals surface area contributed by atoms with Gasteiger partial charge in [0.2, 0.25) is 0 Å². The molecule has 1 heterocycles. The molecule has 15 heavy (non-hydrogen) atoms. The van der Waals surface area contributed by atoms with Gasteiger partial charge in [-0.05, 0) is 25.3 Å². The zero-order chi connectivity index (χ0) is 10.5. The summed E-state index contributed by atoms with van der Waals surface area (Å²) in [7, 11) is 0. The van der Waals surface area contributed by atoms with Crippen LogP contribution >= 0.6 is 0 Å². The van der Waals surface area contributed by atoms with Crippen molar-refractivity contribution < 1.29 is 0 Å². The summed E-state index contributed by atoms with van der Waals surface area (Å²) >= 11 is 0. The second-order valence-corrected chi connectivity index (χ2v) is 4.49. The lowest BCUT2D eigenvalue weighted by Gasteiger charge is -2.08. The summed E-state index contributed by atoms with van der Waals surface area (Å²) in [6.07, 6.45) is 9.81. The molecule has 0 bridgehead atoms. The Balaban J connectivity index is 1.83. The molecule has 0 unspecified atom stereocenters. The summed E-state index contributed by atoms with van der Waals surface area (Å²) in [5.41, 5.74) is 1.16. The lowest BCUT2D eigenvalue weighted by Crippen LogP contribution is -2.12. The topological polar surface area (TPSA) is 29.9 Å². The highest BCUT2D eigenvalue weighted by Gasteiger charge is 2.15. The van der Waals surface area contributed by atoms with E-state index in [0.717, 1.165) is 24.7 Å². The van der Waals surface area contributed by atoms with Gasteiger partial charge in [0.25, 0.3) is 0 Å². The molecule has 3 heteroatoms. The van der Waals surface area contributed by atoms with Crippen molar-refractivity contribution in [3.8, 4) is 0 Å². The number of imidazole rings is 1. The Hall–Kier alpha value is -0.830. The average molecular weight is 207 g/mol. The Morgan fingerprint density at radius 2 is 2.27 bits per heavy atom. The van der Waals surface area contributed by atoms with E-state index in [4.69, 9.17) is 0 Å². The fourth-order valence-electron chi connectivity index (χ4n) is 2.34. The Morgan fingerprint density at radius 1 is 1.47 bits per heavy atom. The Kier molecular flexibility index (Phi) is 3.78. The molecule has 0 aliphatic heterocycles. The summed E-state index contributed by atoms with van der Waals surface area (Å²) in [6.45, 7) is 5.19. The Bertz CT molecular complexity index is 287. The quantitative estimate of drug-likeness (QED) is 0.802. The van der Waals surface area contributed by atoms with Crippen LogP contribution in [0.2, 0.25) is 0 Å². The van der Waals surface area contributed by atoms with Crippen LogP contribution in [0.5, 0.6) is 0 Å². The molecule has 0 aromatic carbocycles. The van der Waals surface area contributed by atoms with Crippen molar-refractivity contribution in [2.24, 2.45) is 5.92 Å². The fourth-order valence-corrected chi connectivity index (χ4v) is 2.34. The minimum atomic E-state index is 0.895. The zero-order valence-electron chi connectivity index (χ0n) is 9.58. The van der Waals surface area contributed by atoms with Gasteiger partial charge in [0.1, 0.15) is 0 Å². The zero-order valence-corrected chi connectivity index (χ0v) is 9.58. The number of nitrogens with zero attached hydrogens (tertiary/aromatic N) is 2. The third kappa shape index (κ3) is 3.06. The van der Waals surface area contributed by atoms with Crippen LogP contribution in [0.1, 0.15) is 38.3 Å². The van der Waals surface area contributed by atoms with Gasteiger partial charge >= 0.3 is 0 Å². The van der Waals surface area contributed by atoms with Crippen molar-refractivity contribution in [3.05, 3.63) is 18.2 Å². The van der Waals surface area contributed by atoms with Crippen LogP contribution in [0.25, 0.3) is 0 Å². The summed E-state index contributed by atoms with van der Waals surface area (Å²) < 4.78 is 2.25. The van der Waals surface area contributed by atoms with Crippen molar-refractivity contribution in [2.75, 3.05) is 6.54 Å². The van der Waals surface area contributed by atoms with E-state index < -0.39 is 0 Å². The summed E-state index contributed by atoms with van der Waals surface area (Å²) in [5, 5.41) is 3.30. The van der Waals surface area contributed by atoms with Gasteiger partial charge < -0.3 is 9.88 Å². The van der Waals surface area contributed by atoms with Gasteiger partial charge in [-0.15, -0.1) is 0 Å². The van der Waals surface area contributed by atoms with Crippen molar-refractivity contribution in [1.82, 2.24) is 14.9 Å².